The molecule has 0 aliphatic rings. The van der Waals surface area contributed by atoms with Crippen LogP contribution in [-0.2, 0) is 17.7 Å². The van der Waals surface area contributed by atoms with E-state index in [0.717, 1.165) is 6.42 Å². The minimum Gasteiger partial charge on any atom is -0.465 e. The van der Waals surface area contributed by atoms with Crippen molar-refractivity contribution in [2.45, 2.75) is 26.8 Å². The number of hydrogen-bond donors (Lipinski definition) is 0. The highest BCUT2D eigenvalue weighted by Gasteiger charge is 2.19. The molecule has 2 heterocycles. The summed E-state index contributed by atoms with van der Waals surface area (Å²) in [5.41, 5.74) is 2.58. The number of nitrogens with zero attached hydrogens (tertiary/aromatic N) is 2. The third kappa shape index (κ3) is 3.18. The molecule has 2 aromatic heterocycles. The predicted octanol–water partition coefficient (Wildman–Crippen LogP) is 3.04. The second kappa shape index (κ2) is 6.89. The molecule has 0 N–H and O–H groups in total. The number of aryl methyl sites for hydroxylation is 4. The molecular formula is C20H20N2O3. The van der Waals surface area contributed by atoms with E-state index in [2.05, 4.69) is 4.98 Å². The van der Waals surface area contributed by atoms with Gasteiger partial charge in [0.15, 0.2) is 0 Å². The quantitative estimate of drug-likeness (QED) is 0.687. The highest BCUT2D eigenvalue weighted by molar-refractivity contribution is 6.05. The smallest absolute Gasteiger partial charge is 0.340 e. The van der Waals surface area contributed by atoms with Gasteiger partial charge in [0.05, 0.1) is 29.4 Å². The van der Waals surface area contributed by atoms with Gasteiger partial charge < -0.3 is 9.30 Å². The maximum absolute atomic E-state index is 12.9. The summed E-state index contributed by atoms with van der Waals surface area (Å²) < 4.78 is 6.52. The van der Waals surface area contributed by atoms with Gasteiger partial charge in [0.1, 0.15) is 0 Å². The van der Waals surface area contributed by atoms with Crippen LogP contribution in [0.25, 0.3) is 10.8 Å². The third-order valence-corrected chi connectivity index (χ3v) is 4.37. The Bertz CT molecular complexity index is 991. The second-order valence-corrected chi connectivity index (χ2v) is 5.99. The molecule has 3 rings (SSSR count). The van der Waals surface area contributed by atoms with Crippen molar-refractivity contribution < 1.29 is 9.53 Å². The summed E-state index contributed by atoms with van der Waals surface area (Å²) >= 11 is 0. The Balaban J connectivity index is 2.08. The van der Waals surface area contributed by atoms with E-state index >= 15 is 0 Å². The van der Waals surface area contributed by atoms with Crippen molar-refractivity contribution in [1.82, 2.24) is 9.55 Å². The summed E-state index contributed by atoms with van der Waals surface area (Å²) in [6, 6.07) is 11.8. The van der Waals surface area contributed by atoms with Crippen molar-refractivity contribution in [3.8, 4) is 0 Å². The van der Waals surface area contributed by atoms with Crippen LogP contribution in [0.5, 0.6) is 0 Å². The van der Waals surface area contributed by atoms with Crippen LogP contribution < -0.4 is 5.56 Å². The summed E-state index contributed by atoms with van der Waals surface area (Å²) in [4.78, 5) is 29.4. The van der Waals surface area contributed by atoms with Gasteiger partial charge in [-0.15, -0.1) is 0 Å². The monoisotopic (exact) mass is 336 g/mol. The Morgan fingerprint density at radius 1 is 1.12 bits per heavy atom. The third-order valence-electron chi connectivity index (χ3n) is 4.37. The van der Waals surface area contributed by atoms with Crippen molar-refractivity contribution in [1.29, 1.82) is 0 Å². The lowest BCUT2D eigenvalue weighted by Crippen LogP contribution is -2.23. The Hall–Kier alpha value is -2.95. The number of carbonyl (C=O) groups excluding carboxylic acids is 1. The fourth-order valence-corrected chi connectivity index (χ4v) is 3.12. The molecule has 0 aliphatic heterocycles. The molecule has 3 aromatic rings. The first kappa shape index (κ1) is 16.9. The zero-order valence-electron chi connectivity index (χ0n) is 14.6. The summed E-state index contributed by atoms with van der Waals surface area (Å²) in [7, 11) is 1.33. The summed E-state index contributed by atoms with van der Waals surface area (Å²) in [5, 5.41) is 1.07. The number of pyridine rings is 2. The molecule has 1 aromatic carbocycles. The minimum absolute atomic E-state index is 0.136. The molecule has 0 saturated heterocycles. The van der Waals surface area contributed by atoms with Gasteiger partial charge in [-0.2, -0.15) is 0 Å². The van der Waals surface area contributed by atoms with Gasteiger partial charge in [-0.1, -0.05) is 30.3 Å². The predicted molar refractivity (Wildman–Crippen MR) is 97.0 cm³/mol. The van der Waals surface area contributed by atoms with Crippen molar-refractivity contribution >= 4 is 16.7 Å². The first-order valence-corrected chi connectivity index (χ1v) is 8.15. The van der Waals surface area contributed by atoms with Crippen molar-refractivity contribution in [2.75, 3.05) is 7.11 Å². The van der Waals surface area contributed by atoms with Crippen molar-refractivity contribution in [2.24, 2.45) is 0 Å². The van der Waals surface area contributed by atoms with E-state index in [0.29, 0.717) is 34.3 Å². The number of aromatic nitrogens is 2. The summed E-state index contributed by atoms with van der Waals surface area (Å²) in [6.45, 7) is 4.11. The average molecular weight is 336 g/mol. The molecule has 0 aliphatic carbocycles. The fraction of sp³-hybridized carbons (Fsp3) is 0.250. The maximum atomic E-state index is 12.9. The van der Waals surface area contributed by atoms with E-state index in [-0.39, 0.29) is 5.56 Å². The van der Waals surface area contributed by atoms with Gasteiger partial charge in [0.2, 0.25) is 0 Å². The number of benzene rings is 1. The Kier molecular flexibility index (Phi) is 4.65. The van der Waals surface area contributed by atoms with Crippen LogP contribution in [0.15, 0.2) is 47.4 Å². The van der Waals surface area contributed by atoms with Crippen LogP contribution >= 0.6 is 0 Å². The lowest BCUT2D eigenvalue weighted by molar-refractivity contribution is 0.0601. The van der Waals surface area contributed by atoms with E-state index in [1.807, 2.05) is 30.3 Å². The first-order valence-electron chi connectivity index (χ1n) is 8.15. The second-order valence-electron chi connectivity index (χ2n) is 5.99. The van der Waals surface area contributed by atoms with Crippen LogP contribution in [-0.4, -0.2) is 22.6 Å². The number of carbonyl (C=O) groups is 1. The van der Waals surface area contributed by atoms with Crippen LogP contribution in [0.1, 0.15) is 27.3 Å². The van der Waals surface area contributed by atoms with Gasteiger partial charge in [0.25, 0.3) is 5.56 Å². The molecule has 128 valence electrons. The summed E-state index contributed by atoms with van der Waals surface area (Å²) in [6.07, 6.45) is 2.49. The van der Waals surface area contributed by atoms with Gasteiger partial charge in [-0.3, -0.25) is 9.78 Å². The standard InChI is InChI=1S/C20H20N2O3/c1-13-17-16(18(14(2)21-13)20(24)25-3)10-12-22(19(17)23)11-9-15-7-5-4-6-8-15/h4-8,10,12H,9,11H2,1-3H3. The lowest BCUT2D eigenvalue weighted by atomic mass is 10.0. The van der Waals surface area contributed by atoms with Gasteiger partial charge >= 0.3 is 5.97 Å². The largest absolute Gasteiger partial charge is 0.465 e. The van der Waals surface area contributed by atoms with Crippen LogP contribution in [0.4, 0.5) is 0 Å². The Labute approximate surface area is 145 Å². The van der Waals surface area contributed by atoms with Gasteiger partial charge in [-0.25, -0.2) is 4.79 Å². The molecule has 5 nitrogen and oxygen atoms in total. The molecule has 0 fully saturated rings. The molecule has 0 bridgehead atoms. The number of rotatable bonds is 4. The van der Waals surface area contributed by atoms with E-state index in [1.54, 1.807) is 30.7 Å². The zero-order valence-corrected chi connectivity index (χ0v) is 14.6. The SMILES string of the molecule is COC(=O)c1c(C)nc(C)c2c(=O)n(CCc3ccccc3)ccc12. The molecule has 0 saturated carbocycles. The Morgan fingerprint density at radius 2 is 1.84 bits per heavy atom. The number of esters is 1. The molecule has 25 heavy (non-hydrogen) atoms. The molecule has 0 spiro atoms. The van der Waals surface area contributed by atoms with E-state index in [4.69, 9.17) is 4.74 Å². The van der Waals surface area contributed by atoms with Crippen molar-refractivity contribution in [3.63, 3.8) is 0 Å². The molecular weight excluding hydrogens is 316 g/mol. The number of methoxy groups -OCH3 is 1. The Morgan fingerprint density at radius 3 is 2.52 bits per heavy atom. The van der Waals surface area contributed by atoms with E-state index in [9.17, 15) is 9.59 Å². The highest BCUT2D eigenvalue weighted by Crippen LogP contribution is 2.21. The highest BCUT2D eigenvalue weighted by atomic mass is 16.5. The molecule has 5 heteroatoms. The van der Waals surface area contributed by atoms with Gasteiger partial charge in [0, 0.05) is 18.1 Å². The van der Waals surface area contributed by atoms with Gasteiger partial charge in [-0.05, 0) is 31.9 Å². The summed E-state index contributed by atoms with van der Waals surface area (Å²) in [5.74, 6) is -0.476. The van der Waals surface area contributed by atoms with Crippen molar-refractivity contribution in [3.05, 3.63) is 75.5 Å². The number of hydrogen-bond acceptors (Lipinski definition) is 4. The number of ether oxygens (including phenoxy) is 1. The van der Waals surface area contributed by atoms with Crippen LogP contribution in [0, 0.1) is 13.8 Å². The zero-order chi connectivity index (χ0) is 18.0. The van der Waals surface area contributed by atoms with E-state index < -0.39 is 5.97 Å². The minimum atomic E-state index is -0.476. The average Bonchev–Trinajstić information content (AvgIpc) is 2.61. The molecule has 0 atom stereocenters. The molecule has 0 radical (unpaired) electrons. The van der Waals surface area contributed by atoms with E-state index in [1.165, 1.54) is 12.7 Å². The van der Waals surface area contributed by atoms with Crippen LogP contribution in [0.2, 0.25) is 0 Å². The first-order chi connectivity index (χ1) is 12.0. The number of fused-ring (bicyclic) bond motifs is 1. The fourth-order valence-electron chi connectivity index (χ4n) is 3.12. The van der Waals surface area contributed by atoms with Crippen LogP contribution in [0.3, 0.4) is 0 Å². The molecule has 0 amide bonds. The normalized spacial score (nSPS) is 10.8. The molecule has 0 unspecified atom stereocenters. The topological polar surface area (TPSA) is 61.2 Å². The lowest BCUT2D eigenvalue weighted by Gasteiger charge is -2.12. The maximum Gasteiger partial charge on any atom is 0.340 e.